The summed E-state index contributed by atoms with van der Waals surface area (Å²) in [5.74, 6) is 0.548. The molecule has 0 atom stereocenters. The van der Waals surface area contributed by atoms with E-state index < -0.39 is 0 Å². The van der Waals surface area contributed by atoms with Crippen LogP contribution in [0.15, 0.2) is 24.7 Å². The molecule has 2 heterocycles. The lowest BCUT2D eigenvalue weighted by Crippen LogP contribution is -2.26. The van der Waals surface area contributed by atoms with Gasteiger partial charge in [0.05, 0.1) is 5.69 Å². The lowest BCUT2D eigenvalue weighted by molar-refractivity contribution is 0.0949. The lowest BCUT2D eigenvalue weighted by atomic mass is 10.2. The number of amides is 1. The van der Waals surface area contributed by atoms with Crippen LogP contribution in [0.2, 0.25) is 0 Å². The van der Waals surface area contributed by atoms with Crippen LogP contribution in [-0.2, 0) is 6.42 Å². The SMILES string of the molecule is Nc1cccnc1C(=O)NCCCc1ncn[nH]1. The zero-order valence-electron chi connectivity index (χ0n) is 9.76. The molecule has 0 radical (unpaired) electrons. The number of aromatic amines is 1. The molecule has 0 saturated heterocycles. The van der Waals surface area contributed by atoms with E-state index in [2.05, 4.69) is 25.5 Å². The number of nitrogen functional groups attached to an aromatic ring is 1. The third kappa shape index (κ3) is 3.03. The van der Waals surface area contributed by atoms with Crippen molar-refractivity contribution < 1.29 is 4.79 Å². The lowest BCUT2D eigenvalue weighted by Gasteiger charge is -2.05. The van der Waals surface area contributed by atoms with Crippen molar-refractivity contribution in [3.05, 3.63) is 36.2 Å². The van der Waals surface area contributed by atoms with Crippen molar-refractivity contribution in [3.8, 4) is 0 Å². The number of hydrogen-bond donors (Lipinski definition) is 3. The Labute approximate surface area is 104 Å². The maximum Gasteiger partial charge on any atom is 0.272 e. The van der Waals surface area contributed by atoms with Crippen molar-refractivity contribution in [2.45, 2.75) is 12.8 Å². The summed E-state index contributed by atoms with van der Waals surface area (Å²) >= 11 is 0. The van der Waals surface area contributed by atoms with Gasteiger partial charge in [-0.15, -0.1) is 0 Å². The molecule has 7 nitrogen and oxygen atoms in total. The fourth-order valence-electron chi connectivity index (χ4n) is 1.50. The summed E-state index contributed by atoms with van der Waals surface area (Å²) in [6, 6.07) is 3.34. The quantitative estimate of drug-likeness (QED) is 0.650. The first-order valence-corrected chi connectivity index (χ1v) is 5.60. The summed E-state index contributed by atoms with van der Waals surface area (Å²) < 4.78 is 0. The first-order chi connectivity index (χ1) is 8.77. The Morgan fingerprint density at radius 2 is 2.33 bits per heavy atom. The number of aryl methyl sites for hydroxylation is 1. The van der Waals surface area contributed by atoms with E-state index in [1.165, 1.54) is 6.33 Å². The molecule has 0 aromatic carbocycles. The fraction of sp³-hybridized carbons (Fsp3) is 0.273. The zero-order chi connectivity index (χ0) is 12.8. The minimum Gasteiger partial charge on any atom is -0.397 e. The Balaban J connectivity index is 1.77. The van der Waals surface area contributed by atoms with Crippen LogP contribution in [0.4, 0.5) is 5.69 Å². The molecule has 4 N–H and O–H groups in total. The molecule has 2 rings (SSSR count). The number of aromatic nitrogens is 4. The number of carbonyl (C=O) groups is 1. The number of nitrogens with one attached hydrogen (secondary N) is 2. The summed E-state index contributed by atoms with van der Waals surface area (Å²) in [5, 5.41) is 9.26. The van der Waals surface area contributed by atoms with Crippen LogP contribution >= 0.6 is 0 Å². The number of carbonyl (C=O) groups excluding carboxylic acids is 1. The van der Waals surface area contributed by atoms with E-state index in [-0.39, 0.29) is 11.6 Å². The smallest absolute Gasteiger partial charge is 0.272 e. The molecule has 2 aromatic rings. The van der Waals surface area contributed by atoms with Gasteiger partial charge in [-0.25, -0.2) is 9.97 Å². The molecular weight excluding hydrogens is 232 g/mol. The molecule has 0 saturated carbocycles. The molecule has 0 aliphatic carbocycles. The molecule has 18 heavy (non-hydrogen) atoms. The number of rotatable bonds is 5. The topological polar surface area (TPSA) is 110 Å². The highest BCUT2D eigenvalue weighted by atomic mass is 16.1. The Morgan fingerprint density at radius 3 is 3.06 bits per heavy atom. The minimum atomic E-state index is -0.259. The van der Waals surface area contributed by atoms with Crippen LogP contribution in [0.1, 0.15) is 22.7 Å². The molecule has 2 aromatic heterocycles. The van der Waals surface area contributed by atoms with Crippen molar-refractivity contribution in [1.29, 1.82) is 0 Å². The molecule has 0 unspecified atom stereocenters. The number of anilines is 1. The number of nitrogens with zero attached hydrogens (tertiary/aromatic N) is 3. The summed E-state index contributed by atoms with van der Waals surface area (Å²) in [5.41, 5.74) is 6.30. The van der Waals surface area contributed by atoms with Crippen molar-refractivity contribution in [3.63, 3.8) is 0 Å². The highest BCUT2D eigenvalue weighted by Crippen LogP contribution is 2.06. The second-order valence-corrected chi connectivity index (χ2v) is 3.73. The average Bonchev–Trinajstić information content (AvgIpc) is 2.88. The first kappa shape index (κ1) is 12.0. The van der Waals surface area contributed by atoms with Crippen molar-refractivity contribution in [1.82, 2.24) is 25.5 Å². The summed E-state index contributed by atoms with van der Waals surface area (Å²) in [6.07, 6.45) is 4.51. The van der Waals surface area contributed by atoms with E-state index >= 15 is 0 Å². The highest BCUT2D eigenvalue weighted by Gasteiger charge is 2.09. The van der Waals surface area contributed by atoms with E-state index in [4.69, 9.17) is 5.73 Å². The van der Waals surface area contributed by atoms with E-state index in [0.29, 0.717) is 12.2 Å². The molecule has 0 aliphatic heterocycles. The second kappa shape index (κ2) is 5.76. The summed E-state index contributed by atoms with van der Waals surface area (Å²) in [4.78, 5) is 19.7. The van der Waals surface area contributed by atoms with Gasteiger partial charge in [0.2, 0.25) is 0 Å². The van der Waals surface area contributed by atoms with Crippen LogP contribution in [0.25, 0.3) is 0 Å². The Kier molecular flexibility index (Phi) is 3.85. The van der Waals surface area contributed by atoms with Crippen LogP contribution in [-0.4, -0.2) is 32.6 Å². The average molecular weight is 246 g/mol. The van der Waals surface area contributed by atoms with Gasteiger partial charge in [-0.05, 0) is 18.6 Å². The monoisotopic (exact) mass is 246 g/mol. The maximum atomic E-state index is 11.7. The third-order valence-corrected chi connectivity index (χ3v) is 2.39. The van der Waals surface area contributed by atoms with Gasteiger partial charge in [-0.1, -0.05) is 0 Å². The predicted molar refractivity (Wildman–Crippen MR) is 65.7 cm³/mol. The van der Waals surface area contributed by atoms with E-state index in [1.54, 1.807) is 18.3 Å². The number of pyridine rings is 1. The Morgan fingerprint density at radius 1 is 1.44 bits per heavy atom. The molecule has 1 amide bonds. The molecular formula is C11H14N6O. The minimum absolute atomic E-state index is 0.259. The largest absolute Gasteiger partial charge is 0.397 e. The van der Waals surface area contributed by atoms with Gasteiger partial charge in [0.25, 0.3) is 5.91 Å². The van der Waals surface area contributed by atoms with Crippen LogP contribution < -0.4 is 11.1 Å². The van der Waals surface area contributed by atoms with Gasteiger partial charge in [-0.3, -0.25) is 9.89 Å². The summed E-state index contributed by atoms with van der Waals surface area (Å²) in [7, 11) is 0. The second-order valence-electron chi connectivity index (χ2n) is 3.73. The summed E-state index contributed by atoms with van der Waals surface area (Å²) in [6.45, 7) is 0.537. The highest BCUT2D eigenvalue weighted by molar-refractivity contribution is 5.96. The molecule has 7 heteroatoms. The molecule has 94 valence electrons. The van der Waals surface area contributed by atoms with E-state index in [9.17, 15) is 4.79 Å². The van der Waals surface area contributed by atoms with E-state index in [1.807, 2.05) is 0 Å². The molecule has 0 fully saturated rings. The van der Waals surface area contributed by atoms with E-state index in [0.717, 1.165) is 18.7 Å². The predicted octanol–water partition coefficient (Wildman–Crippen LogP) is 0.144. The number of nitrogens with two attached hydrogens (primary N) is 1. The van der Waals surface area contributed by atoms with Gasteiger partial charge in [0.15, 0.2) is 5.69 Å². The van der Waals surface area contributed by atoms with Gasteiger partial charge in [-0.2, -0.15) is 5.10 Å². The van der Waals surface area contributed by atoms with Gasteiger partial charge in [0, 0.05) is 19.2 Å². The van der Waals surface area contributed by atoms with Gasteiger partial charge in [0.1, 0.15) is 12.2 Å². The molecule has 0 bridgehead atoms. The fourth-order valence-corrected chi connectivity index (χ4v) is 1.50. The van der Waals surface area contributed by atoms with Crippen LogP contribution in [0, 0.1) is 0 Å². The maximum absolute atomic E-state index is 11.7. The van der Waals surface area contributed by atoms with Gasteiger partial charge < -0.3 is 11.1 Å². The first-order valence-electron chi connectivity index (χ1n) is 5.60. The number of hydrogen-bond acceptors (Lipinski definition) is 5. The van der Waals surface area contributed by atoms with Gasteiger partial charge >= 0.3 is 0 Å². The number of H-pyrrole nitrogens is 1. The molecule has 0 spiro atoms. The Hall–Kier alpha value is -2.44. The molecule has 0 aliphatic rings. The van der Waals surface area contributed by atoms with Crippen LogP contribution in [0.5, 0.6) is 0 Å². The normalized spacial score (nSPS) is 10.2. The van der Waals surface area contributed by atoms with Crippen molar-refractivity contribution in [2.24, 2.45) is 0 Å². The third-order valence-electron chi connectivity index (χ3n) is 2.39. The Bertz CT molecular complexity index is 510. The van der Waals surface area contributed by atoms with Crippen LogP contribution in [0.3, 0.4) is 0 Å². The van der Waals surface area contributed by atoms with Crippen molar-refractivity contribution in [2.75, 3.05) is 12.3 Å². The zero-order valence-corrected chi connectivity index (χ0v) is 9.76. The standard InChI is InChI=1S/C11H14N6O/c12-8-3-1-5-13-10(8)11(18)14-6-2-4-9-15-7-16-17-9/h1,3,5,7H,2,4,6,12H2,(H,14,18)(H,15,16,17). The van der Waals surface area contributed by atoms with Crippen molar-refractivity contribution >= 4 is 11.6 Å².